The highest BCUT2D eigenvalue weighted by Crippen LogP contribution is 2.39. The molecule has 0 spiro atoms. The molecule has 1 aliphatic rings. The standard InChI is InChI=1S/C17H28N2/c1-14(2)19(3)12-4-11-18-13-15-5-7-16(8-6-15)17-9-10-17/h5-8,14,17-18H,4,9-13H2,1-3H3. The molecule has 0 aromatic heterocycles. The molecule has 0 heterocycles. The van der Waals surface area contributed by atoms with Crippen LogP contribution in [0.4, 0.5) is 0 Å². The Labute approximate surface area is 118 Å². The van der Waals surface area contributed by atoms with Crippen molar-refractivity contribution in [1.29, 1.82) is 0 Å². The van der Waals surface area contributed by atoms with Gasteiger partial charge in [0.1, 0.15) is 0 Å². The van der Waals surface area contributed by atoms with Crippen LogP contribution in [0.3, 0.4) is 0 Å². The molecule has 0 unspecified atom stereocenters. The number of benzene rings is 1. The maximum absolute atomic E-state index is 3.53. The molecule has 0 aliphatic heterocycles. The summed E-state index contributed by atoms with van der Waals surface area (Å²) in [5.74, 6) is 0.869. The van der Waals surface area contributed by atoms with Crippen LogP contribution in [0.5, 0.6) is 0 Å². The van der Waals surface area contributed by atoms with Gasteiger partial charge < -0.3 is 10.2 Å². The molecule has 2 heteroatoms. The van der Waals surface area contributed by atoms with E-state index in [1.54, 1.807) is 0 Å². The normalized spacial score (nSPS) is 15.4. The van der Waals surface area contributed by atoms with Crippen LogP contribution in [-0.4, -0.2) is 31.1 Å². The Balaban J connectivity index is 1.60. The fraction of sp³-hybridized carbons (Fsp3) is 0.647. The van der Waals surface area contributed by atoms with Gasteiger partial charge in [0.2, 0.25) is 0 Å². The highest BCUT2D eigenvalue weighted by atomic mass is 15.1. The summed E-state index contributed by atoms with van der Waals surface area (Å²) < 4.78 is 0. The first-order valence-corrected chi connectivity index (χ1v) is 7.66. The van der Waals surface area contributed by atoms with Gasteiger partial charge in [-0.25, -0.2) is 0 Å². The Morgan fingerprint density at radius 2 is 1.89 bits per heavy atom. The third kappa shape index (κ3) is 4.96. The second-order valence-corrected chi connectivity index (χ2v) is 6.12. The van der Waals surface area contributed by atoms with Crippen LogP contribution in [0.25, 0.3) is 0 Å². The SMILES string of the molecule is CC(C)N(C)CCCNCc1ccc(C2CC2)cc1. The molecular weight excluding hydrogens is 232 g/mol. The molecule has 1 fully saturated rings. The summed E-state index contributed by atoms with van der Waals surface area (Å²) in [5.41, 5.74) is 2.93. The Hall–Kier alpha value is -0.860. The van der Waals surface area contributed by atoms with Crippen molar-refractivity contribution in [3.05, 3.63) is 35.4 Å². The molecule has 1 N–H and O–H groups in total. The fourth-order valence-corrected chi connectivity index (χ4v) is 2.27. The van der Waals surface area contributed by atoms with Crippen molar-refractivity contribution >= 4 is 0 Å². The van der Waals surface area contributed by atoms with E-state index in [1.807, 2.05) is 0 Å². The lowest BCUT2D eigenvalue weighted by atomic mass is 10.1. The number of hydrogen-bond donors (Lipinski definition) is 1. The zero-order valence-electron chi connectivity index (χ0n) is 12.7. The third-order valence-corrected chi connectivity index (χ3v) is 4.10. The van der Waals surface area contributed by atoms with Crippen LogP contribution in [0.2, 0.25) is 0 Å². The second kappa shape index (κ2) is 7.06. The van der Waals surface area contributed by atoms with Crippen molar-refractivity contribution in [1.82, 2.24) is 10.2 Å². The molecule has 2 nitrogen and oxygen atoms in total. The highest BCUT2D eigenvalue weighted by Gasteiger charge is 2.22. The van der Waals surface area contributed by atoms with Crippen LogP contribution in [0.15, 0.2) is 24.3 Å². The van der Waals surface area contributed by atoms with E-state index in [0.29, 0.717) is 6.04 Å². The van der Waals surface area contributed by atoms with Crippen LogP contribution >= 0.6 is 0 Å². The van der Waals surface area contributed by atoms with Gasteiger partial charge in [0.25, 0.3) is 0 Å². The topological polar surface area (TPSA) is 15.3 Å². The highest BCUT2D eigenvalue weighted by molar-refractivity contribution is 5.27. The van der Waals surface area contributed by atoms with Crippen molar-refractivity contribution < 1.29 is 0 Å². The van der Waals surface area contributed by atoms with E-state index < -0.39 is 0 Å². The molecule has 0 radical (unpaired) electrons. The Kier molecular flexibility index (Phi) is 5.41. The number of rotatable bonds is 8. The summed E-state index contributed by atoms with van der Waals surface area (Å²) in [7, 11) is 2.20. The monoisotopic (exact) mass is 260 g/mol. The van der Waals surface area contributed by atoms with Crippen LogP contribution in [-0.2, 0) is 6.54 Å². The summed E-state index contributed by atoms with van der Waals surface area (Å²) >= 11 is 0. The second-order valence-electron chi connectivity index (χ2n) is 6.12. The zero-order valence-corrected chi connectivity index (χ0v) is 12.7. The Morgan fingerprint density at radius 3 is 2.47 bits per heavy atom. The lowest BCUT2D eigenvalue weighted by molar-refractivity contribution is 0.269. The Morgan fingerprint density at radius 1 is 1.21 bits per heavy atom. The number of nitrogens with one attached hydrogen (secondary N) is 1. The smallest absolute Gasteiger partial charge is 0.0205 e. The summed E-state index contributed by atoms with van der Waals surface area (Å²) in [5, 5.41) is 3.53. The fourth-order valence-electron chi connectivity index (χ4n) is 2.27. The summed E-state index contributed by atoms with van der Waals surface area (Å²) in [4.78, 5) is 2.39. The van der Waals surface area contributed by atoms with Crippen molar-refractivity contribution in [2.75, 3.05) is 20.1 Å². The minimum absolute atomic E-state index is 0.648. The molecule has 1 aliphatic carbocycles. The van der Waals surface area contributed by atoms with Gasteiger partial charge in [0, 0.05) is 12.6 Å². The van der Waals surface area contributed by atoms with Gasteiger partial charge in [-0.15, -0.1) is 0 Å². The van der Waals surface area contributed by atoms with E-state index in [2.05, 4.69) is 55.4 Å². The van der Waals surface area contributed by atoms with Gasteiger partial charge in [-0.1, -0.05) is 24.3 Å². The van der Waals surface area contributed by atoms with Gasteiger partial charge in [-0.3, -0.25) is 0 Å². The molecule has 106 valence electrons. The van der Waals surface area contributed by atoms with Gasteiger partial charge >= 0.3 is 0 Å². The molecule has 0 bridgehead atoms. The molecule has 1 saturated carbocycles. The molecule has 0 saturated heterocycles. The summed E-state index contributed by atoms with van der Waals surface area (Å²) in [6, 6.07) is 9.82. The molecule has 1 aromatic carbocycles. The maximum atomic E-state index is 3.53. The van der Waals surface area contributed by atoms with E-state index in [1.165, 1.54) is 36.9 Å². The lowest BCUT2D eigenvalue weighted by Gasteiger charge is -2.20. The summed E-state index contributed by atoms with van der Waals surface area (Å²) in [6.07, 6.45) is 4.00. The molecular formula is C17H28N2. The van der Waals surface area contributed by atoms with Gasteiger partial charge in [-0.05, 0) is 70.3 Å². The van der Waals surface area contributed by atoms with Gasteiger partial charge in [0.15, 0.2) is 0 Å². The predicted octanol–water partition coefficient (Wildman–Crippen LogP) is 3.38. The predicted molar refractivity (Wildman–Crippen MR) is 82.5 cm³/mol. The number of nitrogens with zero attached hydrogens (tertiary/aromatic N) is 1. The van der Waals surface area contributed by atoms with Crippen molar-refractivity contribution in [2.45, 2.75) is 51.6 Å². The van der Waals surface area contributed by atoms with Crippen molar-refractivity contribution in [3.8, 4) is 0 Å². The van der Waals surface area contributed by atoms with Crippen LogP contribution in [0.1, 0.15) is 50.2 Å². The molecule has 2 rings (SSSR count). The first-order chi connectivity index (χ1) is 9.16. The minimum Gasteiger partial charge on any atom is -0.313 e. The van der Waals surface area contributed by atoms with Gasteiger partial charge in [-0.2, -0.15) is 0 Å². The lowest BCUT2D eigenvalue weighted by Crippen LogP contribution is -2.29. The van der Waals surface area contributed by atoms with Crippen LogP contribution in [0, 0.1) is 0 Å². The van der Waals surface area contributed by atoms with Crippen molar-refractivity contribution in [2.24, 2.45) is 0 Å². The zero-order chi connectivity index (χ0) is 13.7. The Bertz CT molecular complexity index is 365. The molecule has 0 atom stereocenters. The molecule has 19 heavy (non-hydrogen) atoms. The quantitative estimate of drug-likeness (QED) is 0.721. The van der Waals surface area contributed by atoms with E-state index >= 15 is 0 Å². The van der Waals surface area contributed by atoms with E-state index in [-0.39, 0.29) is 0 Å². The minimum atomic E-state index is 0.648. The van der Waals surface area contributed by atoms with Gasteiger partial charge in [0.05, 0.1) is 0 Å². The summed E-state index contributed by atoms with van der Waals surface area (Å²) in [6.45, 7) is 7.76. The number of hydrogen-bond acceptors (Lipinski definition) is 2. The average Bonchev–Trinajstić information content (AvgIpc) is 3.23. The molecule has 1 aromatic rings. The molecule has 0 amide bonds. The third-order valence-electron chi connectivity index (χ3n) is 4.10. The first-order valence-electron chi connectivity index (χ1n) is 7.66. The van der Waals surface area contributed by atoms with E-state index in [0.717, 1.165) is 19.0 Å². The van der Waals surface area contributed by atoms with E-state index in [9.17, 15) is 0 Å². The van der Waals surface area contributed by atoms with E-state index in [4.69, 9.17) is 0 Å². The average molecular weight is 260 g/mol. The largest absolute Gasteiger partial charge is 0.313 e. The maximum Gasteiger partial charge on any atom is 0.0205 e. The van der Waals surface area contributed by atoms with Crippen LogP contribution < -0.4 is 5.32 Å². The van der Waals surface area contributed by atoms with Crippen molar-refractivity contribution in [3.63, 3.8) is 0 Å². The first kappa shape index (κ1) is 14.5.